The molecule has 0 aliphatic carbocycles. The Morgan fingerprint density at radius 1 is 0.889 bits per heavy atom. The zero-order valence-electron chi connectivity index (χ0n) is 12.3. The van der Waals surface area contributed by atoms with Crippen molar-refractivity contribution in [3.8, 4) is 0 Å². The summed E-state index contributed by atoms with van der Waals surface area (Å²) in [6, 6.07) is 0. The van der Waals surface area contributed by atoms with Crippen molar-refractivity contribution in [2.24, 2.45) is 0 Å². The van der Waals surface area contributed by atoms with E-state index in [4.69, 9.17) is 0 Å². The maximum atomic E-state index is 11.1. The predicted molar refractivity (Wildman–Crippen MR) is 86.0 cm³/mol. The molecule has 1 N–H and O–H groups in total. The number of carboxylic acid groups (broad SMARTS) is 1. The first-order valence-corrected chi connectivity index (χ1v) is 9.70. The van der Waals surface area contributed by atoms with Crippen molar-refractivity contribution in [2.45, 2.75) is 59.3 Å². The number of carboxylic acids is 1. The fraction of sp³-hybridized carbons (Fsp3) is 0.929. The van der Waals surface area contributed by atoms with Gasteiger partial charge in [-0.1, -0.05) is 40.0 Å². The lowest BCUT2D eigenvalue weighted by molar-refractivity contribution is -0.134. The molecular weight excluding hydrogens is 267 g/mol. The molecule has 0 saturated carbocycles. The number of hydrogen-bond acceptors (Lipinski definition) is 1. The molecule has 0 heterocycles. The van der Waals surface area contributed by atoms with Crippen LogP contribution in [0.4, 0.5) is 0 Å². The fourth-order valence-electron chi connectivity index (χ4n) is 2.34. The van der Waals surface area contributed by atoms with Crippen molar-refractivity contribution in [3.63, 3.8) is 0 Å². The molecule has 0 aromatic carbocycles. The van der Waals surface area contributed by atoms with Gasteiger partial charge in [0.05, 0.1) is 18.5 Å². The molecule has 2 nitrogen and oxygen atoms in total. The average Bonchev–Trinajstić information content (AvgIpc) is 2.30. The van der Waals surface area contributed by atoms with Crippen molar-refractivity contribution in [1.82, 2.24) is 0 Å². The van der Waals surface area contributed by atoms with Gasteiger partial charge in [0.1, 0.15) is 0 Å². The van der Waals surface area contributed by atoms with Gasteiger partial charge >= 0.3 is 5.97 Å². The molecule has 0 aliphatic heterocycles. The highest BCUT2D eigenvalue weighted by Gasteiger charge is 2.37. The second-order valence-electron chi connectivity index (χ2n) is 5.12. The normalized spacial score (nSPS) is 11.1. The van der Waals surface area contributed by atoms with Gasteiger partial charge in [0.2, 0.25) is 0 Å². The second-order valence-corrected chi connectivity index (χ2v) is 9.47. The van der Waals surface area contributed by atoms with E-state index in [2.05, 4.69) is 20.8 Å². The molecule has 0 aromatic rings. The smallest absolute Gasteiger partial charge is 0.341 e. The van der Waals surface area contributed by atoms with Gasteiger partial charge in [-0.05, 0) is 19.3 Å². The molecule has 0 atom stereocenters. The van der Waals surface area contributed by atoms with Crippen molar-refractivity contribution < 1.29 is 9.90 Å². The Bertz CT molecular complexity index is 188. The van der Waals surface area contributed by atoms with Crippen molar-refractivity contribution >= 4 is 25.6 Å². The summed E-state index contributed by atoms with van der Waals surface area (Å²) in [5.74, 6) is -0.568. The standard InChI is InChI=1S/C14H29O2P.ClH/c1-4-7-10-17(11-8-5-2,12-9-6-3)13-14(15)16;/h4-13H2,1-3H3;1H/p+1. The SMILES string of the molecule is CCCC[P+](CCCC)(CCCC)CC(=O)O.Cl. The molecule has 110 valence electrons. The molecule has 0 saturated heterocycles. The van der Waals surface area contributed by atoms with E-state index < -0.39 is 13.2 Å². The summed E-state index contributed by atoms with van der Waals surface area (Å²) in [5.41, 5.74) is 0. The predicted octanol–water partition coefficient (Wildman–Crippen LogP) is 4.91. The maximum absolute atomic E-state index is 11.1. The van der Waals surface area contributed by atoms with E-state index in [1.807, 2.05) is 0 Å². The summed E-state index contributed by atoms with van der Waals surface area (Å²) in [5, 5.41) is 9.17. The van der Waals surface area contributed by atoms with Gasteiger partial charge in [-0.2, -0.15) is 0 Å². The summed E-state index contributed by atoms with van der Waals surface area (Å²) in [4.78, 5) is 11.1. The average molecular weight is 298 g/mol. The fourth-order valence-corrected chi connectivity index (χ4v) is 7.02. The second kappa shape index (κ2) is 12.2. The van der Waals surface area contributed by atoms with Gasteiger partial charge in [-0.15, -0.1) is 12.4 Å². The zero-order valence-corrected chi connectivity index (χ0v) is 14.0. The highest BCUT2D eigenvalue weighted by molar-refractivity contribution is 7.76. The topological polar surface area (TPSA) is 37.3 Å². The Hall–Kier alpha value is 0.190. The number of halogens is 1. The molecule has 18 heavy (non-hydrogen) atoms. The number of rotatable bonds is 11. The van der Waals surface area contributed by atoms with Crippen molar-refractivity contribution in [1.29, 1.82) is 0 Å². The summed E-state index contributed by atoms with van der Waals surface area (Å²) < 4.78 is 0. The molecule has 0 amide bonds. The monoisotopic (exact) mass is 297 g/mol. The first kappa shape index (κ1) is 20.5. The minimum absolute atomic E-state index is 0. The first-order valence-electron chi connectivity index (χ1n) is 7.17. The van der Waals surface area contributed by atoms with Crippen molar-refractivity contribution in [3.05, 3.63) is 0 Å². The molecule has 0 bridgehead atoms. The van der Waals surface area contributed by atoms with Crippen LogP contribution in [0.25, 0.3) is 0 Å². The Labute approximate surface area is 120 Å². The molecule has 0 aromatic heterocycles. The van der Waals surface area contributed by atoms with E-state index in [1.54, 1.807) is 0 Å². The summed E-state index contributed by atoms with van der Waals surface area (Å²) in [6.07, 6.45) is 11.3. The Morgan fingerprint density at radius 2 is 1.22 bits per heavy atom. The Morgan fingerprint density at radius 3 is 1.44 bits per heavy atom. The van der Waals surface area contributed by atoms with Crippen LogP contribution in [0.3, 0.4) is 0 Å². The molecule has 0 unspecified atom stereocenters. The highest BCUT2D eigenvalue weighted by Crippen LogP contribution is 2.60. The minimum Gasteiger partial charge on any atom is -0.479 e. The Balaban J connectivity index is 0. The van der Waals surface area contributed by atoms with E-state index in [0.717, 1.165) is 0 Å². The van der Waals surface area contributed by atoms with Gasteiger partial charge < -0.3 is 5.11 Å². The molecule has 0 aliphatic rings. The zero-order chi connectivity index (χ0) is 13.1. The maximum Gasteiger partial charge on any atom is 0.341 e. The van der Waals surface area contributed by atoms with Gasteiger partial charge in [-0.3, -0.25) is 0 Å². The Kier molecular flexibility index (Phi) is 13.9. The van der Waals surface area contributed by atoms with E-state index in [0.29, 0.717) is 6.16 Å². The third-order valence-corrected chi connectivity index (χ3v) is 8.16. The van der Waals surface area contributed by atoms with Crippen LogP contribution < -0.4 is 0 Å². The molecule has 4 heteroatoms. The first-order chi connectivity index (χ1) is 8.10. The quantitative estimate of drug-likeness (QED) is 0.550. The van der Waals surface area contributed by atoms with Crippen LogP contribution in [0.15, 0.2) is 0 Å². The number of aliphatic carboxylic acids is 1. The van der Waals surface area contributed by atoms with E-state index in [-0.39, 0.29) is 12.4 Å². The van der Waals surface area contributed by atoms with Crippen LogP contribution in [-0.4, -0.2) is 35.7 Å². The van der Waals surface area contributed by atoms with Crippen LogP contribution in [-0.2, 0) is 4.79 Å². The lowest BCUT2D eigenvalue weighted by Crippen LogP contribution is -2.18. The van der Waals surface area contributed by atoms with Gasteiger partial charge in [0, 0.05) is 7.26 Å². The van der Waals surface area contributed by atoms with Crippen LogP contribution in [0, 0.1) is 0 Å². The van der Waals surface area contributed by atoms with Crippen LogP contribution in [0.2, 0.25) is 0 Å². The van der Waals surface area contributed by atoms with Gasteiger partial charge in [0.15, 0.2) is 6.16 Å². The van der Waals surface area contributed by atoms with E-state index in [1.165, 1.54) is 57.0 Å². The van der Waals surface area contributed by atoms with Gasteiger partial charge in [0.25, 0.3) is 0 Å². The largest absolute Gasteiger partial charge is 0.479 e. The molecule has 0 radical (unpaired) electrons. The number of hydrogen-bond donors (Lipinski definition) is 1. The van der Waals surface area contributed by atoms with Crippen LogP contribution in [0.1, 0.15) is 59.3 Å². The molecular formula is C14H31ClO2P+. The lowest BCUT2D eigenvalue weighted by atomic mass is 10.4. The summed E-state index contributed by atoms with van der Waals surface area (Å²) in [7, 11) is -1.20. The van der Waals surface area contributed by atoms with E-state index in [9.17, 15) is 9.90 Å². The van der Waals surface area contributed by atoms with Crippen molar-refractivity contribution in [2.75, 3.05) is 24.6 Å². The minimum atomic E-state index is -1.20. The van der Waals surface area contributed by atoms with E-state index >= 15 is 0 Å². The third-order valence-electron chi connectivity index (χ3n) is 3.43. The summed E-state index contributed by atoms with van der Waals surface area (Å²) >= 11 is 0. The number of unbranched alkanes of at least 4 members (excludes halogenated alkanes) is 3. The molecule has 0 fully saturated rings. The van der Waals surface area contributed by atoms with Gasteiger partial charge in [-0.25, -0.2) is 4.79 Å². The summed E-state index contributed by atoms with van der Waals surface area (Å²) in [6.45, 7) is 6.61. The number of carbonyl (C=O) groups is 1. The molecule has 0 spiro atoms. The van der Waals surface area contributed by atoms with Crippen LogP contribution in [0.5, 0.6) is 0 Å². The third kappa shape index (κ3) is 9.16. The van der Waals surface area contributed by atoms with Crippen LogP contribution >= 0.6 is 19.7 Å². The highest BCUT2D eigenvalue weighted by atomic mass is 35.5. The lowest BCUT2D eigenvalue weighted by Gasteiger charge is -2.26. The molecule has 0 rings (SSSR count).